The fourth-order valence-electron chi connectivity index (χ4n) is 2.71. The molecule has 0 spiro atoms. The predicted octanol–water partition coefficient (Wildman–Crippen LogP) is 2.96. The standard InChI is InChI=1S/C15H23N3O3/c1-2-10-21-13-4-3-8-17(9-7-13)15-11-12(16)5-6-14(15)18(19)20/h5-6,11,13H,2-4,7-10,16H2,1H3/t13-/m0/s1. The van der Waals surface area contributed by atoms with E-state index in [-0.39, 0.29) is 16.7 Å². The van der Waals surface area contributed by atoms with Crippen LogP contribution in [0.5, 0.6) is 0 Å². The summed E-state index contributed by atoms with van der Waals surface area (Å²) in [5, 5.41) is 11.2. The molecule has 2 rings (SSSR count). The topological polar surface area (TPSA) is 81.6 Å². The van der Waals surface area contributed by atoms with Crippen molar-refractivity contribution in [3.8, 4) is 0 Å². The Morgan fingerprint density at radius 2 is 2.24 bits per heavy atom. The van der Waals surface area contributed by atoms with E-state index in [1.165, 1.54) is 6.07 Å². The van der Waals surface area contributed by atoms with Crippen LogP contribution in [0.15, 0.2) is 18.2 Å². The highest BCUT2D eigenvalue weighted by Crippen LogP contribution is 2.32. The smallest absolute Gasteiger partial charge is 0.292 e. The monoisotopic (exact) mass is 293 g/mol. The second-order valence-electron chi connectivity index (χ2n) is 5.42. The molecule has 6 nitrogen and oxygen atoms in total. The van der Waals surface area contributed by atoms with Crippen LogP contribution in [0.2, 0.25) is 0 Å². The van der Waals surface area contributed by atoms with Gasteiger partial charge in [-0.25, -0.2) is 0 Å². The maximum absolute atomic E-state index is 11.2. The lowest BCUT2D eigenvalue weighted by molar-refractivity contribution is -0.384. The number of ether oxygens (including phenoxy) is 1. The summed E-state index contributed by atoms with van der Waals surface area (Å²) < 4.78 is 5.81. The van der Waals surface area contributed by atoms with E-state index in [1.807, 2.05) is 0 Å². The molecular formula is C15H23N3O3. The summed E-state index contributed by atoms with van der Waals surface area (Å²) in [4.78, 5) is 12.9. The van der Waals surface area contributed by atoms with Crippen LogP contribution in [0.4, 0.5) is 17.1 Å². The third kappa shape index (κ3) is 4.07. The molecule has 1 aromatic carbocycles. The van der Waals surface area contributed by atoms with Gasteiger partial charge in [0.15, 0.2) is 0 Å². The molecule has 1 aliphatic rings. The summed E-state index contributed by atoms with van der Waals surface area (Å²) >= 11 is 0. The molecule has 0 amide bonds. The van der Waals surface area contributed by atoms with Crippen molar-refractivity contribution in [3.63, 3.8) is 0 Å². The zero-order valence-corrected chi connectivity index (χ0v) is 12.5. The normalized spacial score (nSPS) is 19.3. The average molecular weight is 293 g/mol. The van der Waals surface area contributed by atoms with Gasteiger partial charge in [-0.1, -0.05) is 6.92 Å². The molecule has 6 heteroatoms. The summed E-state index contributed by atoms with van der Waals surface area (Å²) in [5.74, 6) is 0. The van der Waals surface area contributed by atoms with Crippen molar-refractivity contribution in [2.75, 3.05) is 30.3 Å². The van der Waals surface area contributed by atoms with Gasteiger partial charge >= 0.3 is 0 Å². The Balaban J connectivity index is 2.11. The number of nitrogens with zero attached hydrogens (tertiary/aromatic N) is 2. The molecule has 1 saturated heterocycles. The molecular weight excluding hydrogens is 270 g/mol. The summed E-state index contributed by atoms with van der Waals surface area (Å²) in [6.07, 6.45) is 4.15. The number of hydrogen-bond donors (Lipinski definition) is 1. The predicted molar refractivity (Wildman–Crippen MR) is 83.6 cm³/mol. The van der Waals surface area contributed by atoms with Crippen molar-refractivity contribution in [2.24, 2.45) is 0 Å². The van der Waals surface area contributed by atoms with Crippen molar-refractivity contribution in [3.05, 3.63) is 28.3 Å². The fourth-order valence-corrected chi connectivity index (χ4v) is 2.71. The molecule has 116 valence electrons. The lowest BCUT2D eigenvalue weighted by atomic mass is 10.1. The van der Waals surface area contributed by atoms with E-state index in [0.29, 0.717) is 11.4 Å². The summed E-state index contributed by atoms with van der Waals surface area (Å²) in [7, 11) is 0. The van der Waals surface area contributed by atoms with Gasteiger partial charge < -0.3 is 15.4 Å². The highest BCUT2D eigenvalue weighted by atomic mass is 16.6. The number of anilines is 2. The molecule has 0 unspecified atom stereocenters. The fraction of sp³-hybridized carbons (Fsp3) is 0.600. The minimum atomic E-state index is -0.343. The molecule has 21 heavy (non-hydrogen) atoms. The minimum absolute atomic E-state index is 0.122. The number of benzene rings is 1. The van der Waals surface area contributed by atoms with Crippen LogP contribution in [0.25, 0.3) is 0 Å². The molecule has 2 N–H and O–H groups in total. The Morgan fingerprint density at radius 3 is 2.95 bits per heavy atom. The van der Waals surface area contributed by atoms with Gasteiger partial charge in [0, 0.05) is 31.5 Å². The summed E-state index contributed by atoms with van der Waals surface area (Å²) in [6.45, 7) is 4.44. The zero-order valence-electron chi connectivity index (χ0n) is 12.5. The minimum Gasteiger partial charge on any atom is -0.399 e. The second-order valence-corrected chi connectivity index (χ2v) is 5.42. The number of nitro benzene ring substituents is 1. The van der Waals surface area contributed by atoms with E-state index < -0.39 is 0 Å². The van der Waals surface area contributed by atoms with Gasteiger partial charge in [-0.05, 0) is 37.8 Å². The van der Waals surface area contributed by atoms with Crippen molar-refractivity contribution in [1.29, 1.82) is 0 Å². The Bertz CT molecular complexity index is 493. The zero-order chi connectivity index (χ0) is 15.2. The first kappa shape index (κ1) is 15.6. The second kappa shape index (κ2) is 7.26. The molecule has 0 aromatic heterocycles. The lowest BCUT2D eigenvalue weighted by Crippen LogP contribution is -2.26. The summed E-state index contributed by atoms with van der Waals surface area (Å²) in [6, 6.07) is 4.76. The largest absolute Gasteiger partial charge is 0.399 e. The SMILES string of the molecule is CCCO[C@H]1CCCN(c2cc(N)ccc2[N+](=O)[O-])CC1. The van der Waals surface area contributed by atoms with Gasteiger partial charge in [0.2, 0.25) is 0 Å². The number of rotatable bonds is 5. The molecule has 1 aliphatic heterocycles. The van der Waals surface area contributed by atoms with E-state index >= 15 is 0 Å². The van der Waals surface area contributed by atoms with Crippen molar-refractivity contribution in [1.82, 2.24) is 0 Å². The van der Waals surface area contributed by atoms with Gasteiger partial charge in [0.05, 0.1) is 11.0 Å². The number of nitrogen functional groups attached to an aromatic ring is 1. The van der Waals surface area contributed by atoms with E-state index in [1.54, 1.807) is 12.1 Å². The maximum Gasteiger partial charge on any atom is 0.292 e. The Labute approximate surface area is 125 Å². The third-order valence-electron chi connectivity index (χ3n) is 3.77. The number of nitro groups is 1. The molecule has 1 fully saturated rings. The highest BCUT2D eigenvalue weighted by Gasteiger charge is 2.23. The van der Waals surface area contributed by atoms with Crippen LogP contribution in [0.1, 0.15) is 32.6 Å². The van der Waals surface area contributed by atoms with Crippen LogP contribution in [-0.2, 0) is 4.74 Å². The van der Waals surface area contributed by atoms with Gasteiger partial charge in [-0.3, -0.25) is 10.1 Å². The average Bonchev–Trinajstić information content (AvgIpc) is 2.70. The lowest BCUT2D eigenvalue weighted by Gasteiger charge is -2.23. The Morgan fingerprint density at radius 1 is 1.43 bits per heavy atom. The highest BCUT2D eigenvalue weighted by molar-refractivity contribution is 5.68. The Hall–Kier alpha value is -1.82. The molecule has 0 aliphatic carbocycles. The first-order valence-electron chi connectivity index (χ1n) is 7.52. The third-order valence-corrected chi connectivity index (χ3v) is 3.77. The van der Waals surface area contributed by atoms with E-state index in [0.717, 1.165) is 45.4 Å². The van der Waals surface area contributed by atoms with Crippen molar-refractivity contribution in [2.45, 2.75) is 38.7 Å². The number of hydrogen-bond acceptors (Lipinski definition) is 5. The van der Waals surface area contributed by atoms with Gasteiger partial charge in [0.1, 0.15) is 5.69 Å². The Kier molecular flexibility index (Phi) is 5.38. The molecule has 1 heterocycles. The molecule has 0 radical (unpaired) electrons. The maximum atomic E-state index is 11.2. The van der Waals surface area contributed by atoms with Crippen molar-refractivity contribution >= 4 is 17.1 Å². The van der Waals surface area contributed by atoms with Gasteiger partial charge in [-0.2, -0.15) is 0 Å². The van der Waals surface area contributed by atoms with Crippen LogP contribution in [-0.4, -0.2) is 30.7 Å². The van der Waals surface area contributed by atoms with E-state index in [2.05, 4.69) is 11.8 Å². The molecule has 0 bridgehead atoms. The van der Waals surface area contributed by atoms with Crippen LogP contribution < -0.4 is 10.6 Å². The van der Waals surface area contributed by atoms with Gasteiger partial charge in [0.25, 0.3) is 5.69 Å². The van der Waals surface area contributed by atoms with E-state index in [9.17, 15) is 10.1 Å². The summed E-state index contributed by atoms with van der Waals surface area (Å²) in [5.41, 5.74) is 7.09. The van der Waals surface area contributed by atoms with Crippen LogP contribution >= 0.6 is 0 Å². The molecule has 0 saturated carbocycles. The quantitative estimate of drug-likeness (QED) is 0.513. The van der Waals surface area contributed by atoms with Crippen LogP contribution in [0.3, 0.4) is 0 Å². The molecule has 1 aromatic rings. The van der Waals surface area contributed by atoms with Crippen LogP contribution in [0, 0.1) is 10.1 Å². The van der Waals surface area contributed by atoms with E-state index in [4.69, 9.17) is 10.5 Å². The number of nitrogens with two attached hydrogens (primary N) is 1. The first-order valence-corrected chi connectivity index (χ1v) is 7.52. The van der Waals surface area contributed by atoms with Gasteiger partial charge in [-0.15, -0.1) is 0 Å². The molecule has 1 atom stereocenters. The first-order chi connectivity index (χ1) is 10.1. The van der Waals surface area contributed by atoms with Crippen molar-refractivity contribution < 1.29 is 9.66 Å².